The van der Waals surface area contributed by atoms with Gasteiger partial charge in [-0.05, 0) is 24.3 Å². The first-order valence-corrected chi connectivity index (χ1v) is 5.55. The molecule has 1 fully saturated rings. The lowest BCUT2D eigenvalue weighted by Crippen LogP contribution is -1.91. The highest BCUT2D eigenvalue weighted by Crippen LogP contribution is 2.44. The highest BCUT2D eigenvalue weighted by atomic mass is 16.5. The maximum Gasteiger partial charge on any atom is 0.374 e. The summed E-state index contributed by atoms with van der Waals surface area (Å²) in [7, 11) is 0. The molecule has 1 saturated carbocycles. The minimum atomic E-state index is -1.09. The molecular weight excluding hydrogens is 218 g/mol. The van der Waals surface area contributed by atoms with E-state index in [9.17, 15) is 4.79 Å². The normalized spacial score (nSPS) is 14.8. The second-order valence-corrected chi connectivity index (χ2v) is 4.24. The minimum absolute atomic E-state index is 0.120. The van der Waals surface area contributed by atoms with E-state index in [4.69, 9.17) is 9.63 Å². The second-order valence-electron chi connectivity index (χ2n) is 4.24. The van der Waals surface area contributed by atoms with Gasteiger partial charge in [-0.15, -0.1) is 0 Å². The summed E-state index contributed by atoms with van der Waals surface area (Å²) in [5, 5.41) is 12.6. The van der Waals surface area contributed by atoms with Crippen LogP contribution in [0, 0.1) is 0 Å². The minimum Gasteiger partial charge on any atom is -0.475 e. The van der Waals surface area contributed by atoms with Crippen LogP contribution in [0.1, 0.15) is 34.9 Å². The fraction of sp³-hybridized carbons (Fsp3) is 0.231. The van der Waals surface area contributed by atoms with Crippen molar-refractivity contribution >= 4 is 5.97 Å². The summed E-state index contributed by atoms with van der Waals surface area (Å²) in [6.07, 6.45) is 2.39. The molecule has 1 aromatic heterocycles. The monoisotopic (exact) mass is 229 g/mol. The Labute approximate surface area is 97.9 Å². The zero-order chi connectivity index (χ0) is 11.8. The van der Waals surface area contributed by atoms with E-state index in [0.717, 1.165) is 5.56 Å². The highest BCUT2D eigenvalue weighted by Gasteiger charge is 2.27. The Morgan fingerprint density at radius 3 is 2.76 bits per heavy atom. The molecular formula is C13H11NO3. The second kappa shape index (κ2) is 3.73. The third-order valence-corrected chi connectivity index (χ3v) is 2.97. The number of rotatable bonds is 3. The Bertz CT molecular complexity index is 570. The van der Waals surface area contributed by atoms with Gasteiger partial charge in [0, 0.05) is 11.6 Å². The van der Waals surface area contributed by atoms with Crippen LogP contribution < -0.4 is 0 Å². The van der Waals surface area contributed by atoms with Gasteiger partial charge >= 0.3 is 5.97 Å². The van der Waals surface area contributed by atoms with Crippen molar-refractivity contribution in [2.24, 2.45) is 0 Å². The molecule has 0 aliphatic heterocycles. The summed E-state index contributed by atoms with van der Waals surface area (Å²) >= 11 is 0. The molecule has 3 rings (SSSR count). The van der Waals surface area contributed by atoms with Crippen LogP contribution in [0.4, 0.5) is 0 Å². The van der Waals surface area contributed by atoms with Gasteiger partial charge in [0.05, 0.1) is 0 Å². The van der Waals surface area contributed by atoms with Gasteiger partial charge in [0.15, 0.2) is 0 Å². The lowest BCUT2D eigenvalue weighted by Gasteiger charge is -2.04. The topological polar surface area (TPSA) is 63.3 Å². The van der Waals surface area contributed by atoms with Gasteiger partial charge in [-0.3, -0.25) is 0 Å². The number of hydrogen-bond acceptors (Lipinski definition) is 3. The van der Waals surface area contributed by atoms with Crippen molar-refractivity contribution in [1.29, 1.82) is 0 Å². The van der Waals surface area contributed by atoms with Crippen LogP contribution in [0.2, 0.25) is 0 Å². The molecule has 0 amide bonds. The summed E-state index contributed by atoms with van der Waals surface area (Å²) < 4.78 is 4.79. The molecule has 0 spiro atoms. The fourth-order valence-electron chi connectivity index (χ4n) is 1.98. The zero-order valence-corrected chi connectivity index (χ0v) is 9.09. The maximum atomic E-state index is 10.7. The summed E-state index contributed by atoms with van der Waals surface area (Å²) in [4.78, 5) is 10.7. The van der Waals surface area contributed by atoms with Crippen molar-refractivity contribution in [1.82, 2.24) is 5.16 Å². The predicted molar refractivity (Wildman–Crippen MR) is 60.9 cm³/mol. The first-order chi connectivity index (χ1) is 8.25. The number of aromatic nitrogens is 1. The molecule has 0 saturated heterocycles. The van der Waals surface area contributed by atoms with E-state index in [0.29, 0.717) is 11.6 Å². The van der Waals surface area contributed by atoms with Crippen molar-refractivity contribution in [3.05, 3.63) is 41.7 Å². The van der Waals surface area contributed by atoms with Crippen molar-refractivity contribution in [2.45, 2.75) is 18.8 Å². The van der Waals surface area contributed by atoms with Crippen molar-refractivity contribution < 1.29 is 14.4 Å². The highest BCUT2D eigenvalue weighted by molar-refractivity contribution is 5.85. The number of aromatic carboxylic acids is 1. The van der Waals surface area contributed by atoms with E-state index in [-0.39, 0.29) is 5.76 Å². The Kier molecular flexibility index (Phi) is 2.21. The van der Waals surface area contributed by atoms with Crippen LogP contribution in [0.5, 0.6) is 0 Å². The molecule has 86 valence electrons. The molecule has 0 bridgehead atoms. The molecule has 1 N–H and O–H groups in total. The number of nitrogens with zero attached hydrogens (tertiary/aromatic N) is 1. The quantitative estimate of drug-likeness (QED) is 0.878. The molecule has 17 heavy (non-hydrogen) atoms. The molecule has 4 heteroatoms. The van der Waals surface area contributed by atoms with Gasteiger partial charge in [0.25, 0.3) is 0 Å². The van der Waals surface area contributed by atoms with E-state index < -0.39 is 5.97 Å². The van der Waals surface area contributed by atoms with Gasteiger partial charge < -0.3 is 9.63 Å². The van der Waals surface area contributed by atoms with Crippen LogP contribution in [-0.2, 0) is 0 Å². The van der Waals surface area contributed by atoms with Gasteiger partial charge in [0.1, 0.15) is 5.69 Å². The lowest BCUT2D eigenvalue weighted by atomic mass is 10.0. The Balaban J connectivity index is 2.05. The Morgan fingerprint density at radius 1 is 1.35 bits per heavy atom. The van der Waals surface area contributed by atoms with Crippen LogP contribution >= 0.6 is 0 Å². The average Bonchev–Trinajstić information content (AvgIpc) is 3.06. The van der Waals surface area contributed by atoms with Crippen LogP contribution in [0.15, 0.2) is 34.9 Å². The molecule has 1 aliphatic rings. The third-order valence-electron chi connectivity index (χ3n) is 2.97. The summed E-state index contributed by atoms with van der Waals surface area (Å²) in [6.45, 7) is 0. The van der Waals surface area contributed by atoms with Crippen LogP contribution in [0.3, 0.4) is 0 Å². The summed E-state index contributed by atoms with van der Waals surface area (Å²) in [5.74, 6) is -0.616. The standard InChI is InChI=1S/C13H11NO3/c15-13(16)12-7-11(14-17-12)10-4-2-1-3-9(10)8-5-6-8/h1-4,7-8H,5-6H2,(H,15,16). The van der Waals surface area contributed by atoms with E-state index in [1.54, 1.807) is 0 Å². The Hall–Kier alpha value is -2.10. The van der Waals surface area contributed by atoms with Crippen molar-refractivity contribution in [2.75, 3.05) is 0 Å². The summed E-state index contributed by atoms with van der Waals surface area (Å²) in [5.41, 5.74) is 2.81. The van der Waals surface area contributed by atoms with Gasteiger partial charge in [-0.1, -0.05) is 29.4 Å². The maximum absolute atomic E-state index is 10.7. The van der Waals surface area contributed by atoms with Crippen LogP contribution in [-0.4, -0.2) is 16.2 Å². The molecule has 2 aromatic rings. The number of benzene rings is 1. The first-order valence-electron chi connectivity index (χ1n) is 5.55. The molecule has 0 radical (unpaired) electrons. The van der Waals surface area contributed by atoms with Crippen molar-refractivity contribution in [3.8, 4) is 11.3 Å². The number of carboxylic acids is 1. The Morgan fingerprint density at radius 2 is 2.12 bits per heavy atom. The fourth-order valence-corrected chi connectivity index (χ4v) is 1.98. The van der Waals surface area contributed by atoms with Crippen LogP contribution in [0.25, 0.3) is 11.3 Å². The summed E-state index contributed by atoms with van der Waals surface area (Å²) in [6, 6.07) is 9.43. The molecule has 1 heterocycles. The SMILES string of the molecule is O=C(O)c1cc(-c2ccccc2C2CC2)no1. The molecule has 4 nitrogen and oxygen atoms in total. The first kappa shape index (κ1) is 10.1. The molecule has 1 aromatic carbocycles. The van der Waals surface area contributed by atoms with Gasteiger partial charge in [-0.2, -0.15) is 0 Å². The van der Waals surface area contributed by atoms with E-state index in [2.05, 4.69) is 11.2 Å². The van der Waals surface area contributed by atoms with Gasteiger partial charge in [0.2, 0.25) is 5.76 Å². The average molecular weight is 229 g/mol. The van der Waals surface area contributed by atoms with E-state index in [1.807, 2.05) is 18.2 Å². The smallest absolute Gasteiger partial charge is 0.374 e. The molecule has 1 aliphatic carbocycles. The zero-order valence-electron chi connectivity index (χ0n) is 9.09. The molecule has 0 atom stereocenters. The lowest BCUT2D eigenvalue weighted by molar-refractivity contribution is 0.0652. The predicted octanol–water partition coefficient (Wildman–Crippen LogP) is 2.92. The van der Waals surface area contributed by atoms with E-state index in [1.165, 1.54) is 24.5 Å². The number of carboxylic acid groups (broad SMARTS) is 1. The number of hydrogen-bond donors (Lipinski definition) is 1. The largest absolute Gasteiger partial charge is 0.475 e. The van der Waals surface area contributed by atoms with Gasteiger partial charge in [-0.25, -0.2) is 4.79 Å². The third kappa shape index (κ3) is 1.82. The van der Waals surface area contributed by atoms with E-state index >= 15 is 0 Å². The number of carbonyl (C=O) groups is 1. The van der Waals surface area contributed by atoms with Crippen molar-refractivity contribution in [3.63, 3.8) is 0 Å². The molecule has 0 unspecified atom stereocenters.